The molecule has 4 aliphatic rings. The summed E-state index contributed by atoms with van der Waals surface area (Å²) in [5, 5.41) is 56.1. The number of hydrogen-bond donors (Lipinski definition) is 5. The van der Waals surface area contributed by atoms with E-state index >= 15 is 0 Å². The third kappa shape index (κ3) is 1.96. The van der Waals surface area contributed by atoms with Crippen LogP contribution in [0.15, 0.2) is 11.6 Å². The zero-order chi connectivity index (χ0) is 20.0. The van der Waals surface area contributed by atoms with Gasteiger partial charge in [-0.2, -0.15) is 0 Å². The molecule has 27 heavy (non-hydrogen) atoms. The van der Waals surface area contributed by atoms with Crippen molar-refractivity contribution >= 4 is 5.78 Å². The van der Waals surface area contributed by atoms with Gasteiger partial charge in [-0.1, -0.05) is 25.5 Å². The van der Waals surface area contributed by atoms with Crippen molar-refractivity contribution in [3.8, 4) is 0 Å². The molecule has 0 bridgehead atoms. The Morgan fingerprint density at radius 3 is 2.41 bits per heavy atom. The number of carbonyl (C=O) groups excluding carboxylic acids is 1. The summed E-state index contributed by atoms with van der Waals surface area (Å²) < 4.78 is 0. The van der Waals surface area contributed by atoms with Gasteiger partial charge in [0.25, 0.3) is 0 Å². The highest BCUT2D eigenvalue weighted by molar-refractivity contribution is 5.87. The molecular formula is C21H32O6. The Hall–Kier alpha value is -0.790. The van der Waals surface area contributed by atoms with Crippen molar-refractivity contribution in [3.05, 3.63) is 11.6 Å². The van der Waals surface area contributed by atoms with Crippen molar-refractivity contribution in [2.24, 2.45) is 16.7 Å². The average Bonchev–Trinajstić information content (AvgIpc) is 2.83. The second kappa shape index (κ2) is 5.42. The zero-order valence-corrected chi connectivity index (χ0v) is 16.4. The largest absolute Gasteiger partial charge is 0.393 e. The van der Waals surface area contributed by atoms with Crippen LogP contribution in [0.2, 0.25) is 0 Å². The van der Waals surface area contributed by atoms with Crippen LogP contribution in [0.4, 0.5) is 0 Å². The molecule has 8 atom stereocenters. The zero-order valence-electron chi connectivity index (χ0n) is 16.4. The van der Waals surface area contributed by atoms with E-state index in [1.165, 1.54) is 6.92 Å². The first-order valence-electron chi connectivity index (χ1n) is 10.1. The van der Waals surface area contributed by atoms with Gasteiger partial charge in [0, 0.05) is 5.92 Å². The Morgan fingerprint density at radius 1 is 1.11 bits per heavy atom. The topological polar surface area (TPSA) is 118 Å². The van der Waals surface area contributed by atoms with Crippen molar-refractivity contribution in [2.45, 2.75) is 94.7 Å². The molecule has 0 aromatic carbocycles. The third-order valence-electron chi connectivity index (χ3n) is 9.18. The highest BCUT2D eigenvalue weighted by atomic mass is 16.4. The standard InChI is InChI=1S/C21H32O6/c1-12(22)19(25)8-9-21(27)18(19,3)16(24)11-15-17(2)6-5-14(23)10-13(17)4-7-20(15,21)26/h4,14-16,23-27H,5-11H2,1-3H3/t14-,15?,16+,17-,18+,19-,20?,21+/m0/s1. The SMILES string of the molecule is CC(=O)[C@@]1(O)CC[C@]2(O)C3(O)CC=C4C[C@@H](O)CC[C@]4(C)C3C[C@@H](O)[C@]12C. The Kier molecular flexibility index (Phi) is 3.92. The number of hydrogen-bond acceptors (Lipinski definition) is 6. The van der Waals surface area contributed by atoms with E-state index in [9.17, 15) is 30.3 Å². The first-order chi connectivity index (χ1) is 12.4. The number of aliphatic hydroxyl groups excluding tert-OH is 2. The Bertz CT molecular complexity index is 719. The van der Waals surface area contributed by atoms with Crippen LogP contribution < -0.4 is 0 Å². The molecule has 6 nitrogen and oxygen atoms in total. The number of carbonyl (C=O) groups is 1. The van der Waals surface area contributed by atoms with Crippen LogP contribution in [0.5, 0.6) is 0 Å². The molecule has 0 amide bonds. The average molecular weight is 380 g/mol. The van der Waals surface area contributed by atoms with Gasteiger partial charge in [0.15, 0.2) is 5.78 Å². The first kappa shape index (κ1) is 19.5. The van der Waals surface area contributed by atoms with E-state index in [1.807, 2.05) is 13.0 Å². The minimum atomic E-state index is -1.87. The highest BCUT2D eigenvalue weighted by Crippen LogP contribution is 2.70. The van der Waals surface area contributed by atoms with E-state index in [4.69, 9.17) is 0 Å². The molecule has 0 aromatic rings. The van der Waals surface area contributed by atoms with Crippen LogP contribution in [0.1, 0.15) is 65.7 Å². The molecule has 4 rings (SSSR count). The highest BCUT2D eigenvalue weighted by Gasteiger charge is 2.80. The molecule has 152 valence electrons. The number of fused-ring (bicyclic) bond motifs is 5. The quantitative estimate of drug-likeness (QED) is 0.430. The van der Waals surface area contributed by atoms with Gasteiger partial charge in [-0.25, -0.2) is 0 Å². The third-order valence-corrected chi connectivity index (χ3v) is 9.18. The molecule has 0 spiro atoms. The fourth-order valence-electron chi connectivity index (χ4n) is 7.23. The summed E-state index contributed by atoms with van der Waals surface area (Å²) in [6.07, 6.45) is 2.73. The van der Waals surface area contributed by atoms with Crippen LogP contribution in [-0.2, 0) is 4.79 Å². The maximum Gasteiger partial charge on any atom is 0.162 e. The van der Waals surface area contributed by atoms with Crippen LogP contribution in [0.3, 0.4) is 0 Å². The van der Waals surface area contributed by atoms with Gasteiger partial charge in [-0.15, -0.1) is 0 Å². The summed E-state index contributed by atoms with van der Waals surface area (Å²) in [6, 6.07) is 0. The van der Waals surface area contributed by atoms with Gasteiger partial charge in [0.1, 0.15) is 16.8 Å². The number of aliphatic hydroxyl groups is 5. The predicted octanol–water partition coefficient (Wildman–Crippen LogP) is 0.831. The maximum absolute atomic E-state index is 12.3. The summed E-state index contributed by atoms with van der Waals surface area (Å²) in [4.78, 5) is 12.3. The molecule has 0 aromatic heterocycles. The van der Waals surface area contributed by atoms with E-state index < -0.39 is 51.5 Å². The van der Waals surface area contributed by atoms with Gasteiger partial charge < -0.3 is 25.5 Å². The normalized spacial score (nSPS) is 57.3. The molecule has 3 fully saturated rings. The molecule has 0 saturated heterocycles. The maximum atomic E-state index is 12.3. The lowest BCUT2D eigenvalue weighted by molar-refractivity contribution is -0.312. The minimum Gasteiger partial charge on any atom is -0.393 e. The second-order valence-corrected chi connectivity index (χ2v) is 9.96. The van der Waals surface area contributed by atoms with Crippen LogP contribution >= 0.6 is 0 Å². The van der Waals surface area contributed by atoms with Crippen LogP contribution in [0.25, 0.3) is 0 Å². The fourth-order valence-corrected chi connectivity index (χ4v) is 7.23. The Balaban J connectivity index is 1.87. The van der Waals surface area contributed by atoms with E-state index in [2.05, 4.69) is 0 Å². The summed E-state index contributed by atoms with van der Waals surface area (Å²) in [5.74, 6) is -0.888. The molecule has 3 saturated carbocycles. The van der Waals surface area contributed by atoms with Crippen molar-refractivity contribution < 1.29 is 30.3 Å². The van der Waals surface area contributed by atoms with Crippen molar-refractivity contribution in [1.29, 1.82) is 0 Å². The monoisotopic (exact) mass is 380 g/mol. The van der Waals surface area contributed by atoms with Crippen molar-refractivity contribution in [1.82, 2.24) is 0 Å². The molecule has 5 N–H and O–H groups in total. The van der Waals surface area contributed by atoms with E-state index in [0.717, 1.165) is 5.57 Å². The fraction of sp³-hybridized carbons (Fsp3) is 0.857. The second-order valence-electron chi connectivity index (χ2n) is 9.96. The van der Waals surface area contributed by atoms with Gasteiger partial charge in [0.2, 0.25) is 0 Å². The Morgan fingerprint density at radius 2 is 1.78 bits per heavy atom. The summed E-state index contributed by atoms with van der Waals surface area (Å²) in [7, 11) is 0. The van der Waals surface area contributed by atoms with Crippen LogP contribution in [0, 0.1) is 16.7 Å². The molecule has 6 heteroatoms. The molecule has 0 radical (unpaired) electrons. The summed E-state index contributed by atoms with van der Waals surface area (Å²) in [6.45, 7) is 4.87. The molecule has 2 unspecified atom stereocenters. The van der Waals surface area contributed by atoms with Crippen molar-refractivity contribution in [2.75, 3.05) is 0 Å². The lowest BCUT2D eigenvalue weighted by Crippen LogP contribution is -2.78. The number of rotatable bonds is 1. The van der Waals surface area contributed by atoms with E-state index in [1.54, 1.807) is 6.92 Å². The summed E-state index contributed by atoms with van der Waals surface area (Å²) >= 11 is 0. The molecule has 0 heterocycles. The Labute approximate surface area is 159 Å². The lowest BCUT2D eigenvalue weighted by atomic mass is 9.42. The first-order valence-corrected chi connectivity index (χ1v) is 10.1. The van der Waals surface area contributed by atoms with Gasteiger partial charge >= 0.3 is 0 Å². The predicted molar refractivity (Wildman–Crippen MR) is 97.7 cm³/mol. The van der Waals surface area contributed by atoms with E-state index in [-0.39, 0.29) is 25.7 Å². The van der Waals surface area contributed by atoms with Crippen molar-refractivity contribution in [3.63, 3.8) is 0 Å². The summed E-state index contributed by atoms with van der Waals surface area (Å²) in [5.41, 5.74) is -6.07. The minimum absolute atomic E-state index is 0.0213. The molecule has 0 aliphatic heterocycles. The van der Waals surface area contributed by atoms with Gasteiger partial charge in [-0.05, 0) is 57.3 Å². The van der Waals surface area contributed by atoms with E-state index in [0.29, 0.717) is 19.3 Å². The van der Waals surface area contributed by atoms with Crippen LogP contribution in [-0.4, -0.2) is 60.3 Å². The number of ketones is 1. The van der Waals surface area contributed by atoms with Gasteiger partial charge in [-0.3, -0.25) is 4.79 Å². The lowest BCUT2D eigenvalue weighted by Gasteiger charge is -2.66. The number of Topliss-reactive ketones (excluding diaryl/α,β-unsaturated/α-hetero) is 1. The molecule has 4 aliphatic carbocycles. The molecular weight excluding hydrogens is 348 g/mol. The van der Waals surface area contributed by atoms with Gasteiger partial charge in [0.05, 0.1) is 17.6 Å². The smallest absolute Gasteiger partial charge is 0.162 e.